The molecule has 2 aromatic rings. The summed E-state index contributed by atoms with van der Waals surface area (Å²) in [6.07, 6.45) is 0. The summed E-state index contributed by atoms with van der Waals surface area (Å²) in [5, 5.41) is 0.725. The fourth-order valence-corrected chi connectivity index (χ4v) is 3.92. The van der Waals surface area contributed by atoms with Crippen molar-refractivity contribution in [3.05, 3.63) is 63.9 Å². The zero-order valence-corrected chi connectivity index (χ0v) is 18.2. The van der Waals surface area contributed by atoms with Crippen LogP contribution in [-0.4, -0.2) is 47.5 Å². The molecule has 1 amide bonds. The van der Waals surface area contributed by atoms with Crippen LogP contribution in [0.5, 0.6) is 5.75 Å². The molecule has 0 aliphatic carbocycles. The van der Waals surface area contributed by atoms with E-state index in [1.54, 1.807) is 0 Å². The second-order valence-electron chi connectivity index (χ2n) is 7.96. The molecule has 0 saturated carbocycles. The lowest BCUT2D eigenvalue weighted by Gasteiger charge is -2.44. The molecule has 0 unspecified atom stereocenters. The number of carbonyl (C=O) groups excluding carboxylic acids is 1. The molecule has 0 N–H and O–H groups in total. The Hall–Kier alpha value is -2.11. The van der Waals surface area contributed by atoms with Crippen molar-refractivity contribution in [1.29, 1.82) is 0 Å². The molecule has 1 aliphatic rings. The Morgan fingerprint density at radius 3 is 2.34 bits per heavy atom. The quantitative estimate of drug-likeness (QED) is 0.711. The van der Waals surface area contributed by atoms with Gasteiger partial charge in [-0.05, 0) is 68.7 Å². The molecule has 3 rings (SSSR count). The summed E-state index contributed by atoms with van der Waals surface area (Å²) in [6.45, 7) is 10.2. The van der Waals surface area contributed by atoms with Gasteiger partial charge >= 0.3 is 0 Å². The van der Waals surface area contributed by atoms with Gasteiger partial charge in [-0.2, -0.15) is 0 Å². The van der Waals surface area contributed by atoms with Crippen molar-refractivity contribution < 1.29 is 13.9 Å². The lowest BCUT2D eigenvalue weighted by atomic mass is 10.1. The highest BCUT2D eigenvalue weighted by Gasteiger charge is 2.32. The molecule has 1 fully saturated rings. The van der Waals surface area contributed by atoms with E-state index in [0.717, 1.165) is 34.8 Å². The van der Waals surface area contributed by atoms with Crippen LogP contribution in [0, 0.1) is 19.7 Å². The highest BCUT2D eigenvalue weighted by atomic mass is 35.5. The molecule has 1 heterocycles. The van der Waals surface area contributed by atoms with Gasteiger partial charge < -0.3 is 9.64 Å². The van der Waals surface area contributed by atoms with Crippen LogP contribution in [0.2, 0.25) is 5.02 Å². The van der Waals surface area contributed by atoms with Crippen LogP contribution < -0.4 is 4.74 Å². The van der Waals surface area contributed by atoms with Gasteiger partial charge in [0.25, 0.3) is 5.91 Å². The van der Waals surface area contributed by atoms with Crippen LogP contribution in [0.3, 0.4) is 0 Å². The lowest BCUT2D eigenvalue weighted by molar-refractivity contribution is -0.139. The number of hydrogen-bond donors (Lipinski definition) is 0. The Balaban J connectivity index is 1.57. The van der Waals surface area contributed by atoms with Crippen LogP contribution in [0.4, 0.5) is 4.39 Å². The molecule has 1 aliphatic heterocycles. The number of carbonyl (C=O) groups is 1. The third-order valence-corrected chi connectivity index (χ3v) is 6.10. The summed E-state index contributed by atoms with van der Waals surface area (Å²) >= 11 is 6.19. The summed E-state index contributed by atoms with van der Waals surface area (Å²) in [5.41, 5.74) is 2.94. The third-order valence-electron chi connectivity index (χ3n) is 5.51. The van der Waals surface area contributed by atoms with Gasteiger partial charge in [-0.1, -0.05) is 23.7 Å². The fourth-order valence-electron chi connectivity index (χ4n) is 3.81. The summed E-state index contributed by atoms with van der Waals surface area (Å²) in [4.78, 5) is 17.0. The van der Waals surface area contributed by atoms with E-state index in [1.165, 1.54) is 12.1 Å². The summed E-state index contributed by atoms with van der Waals surface area (Å²) in [6, 6.07) is 10.6. The van der Waals surface area contributed by atoms with Crippen molar-refractivity contribution in [3.63, 3.8) is 0 Å². The first-order valence-electron chi connectivity index (χ1n) is 9.92. The Morgan fingerprint density at radius 1 is 1.10 bits per heavy atom. The van der Waals surface area contributed by atoms with Crippen molar-refractivity contribution in [2.75, 3.05) is 19.7 Å². The van der Waals surface area contributed by atoms with Gasteiger partial charge in [0.1, 0.15) is 11.6 Å². The van der Waals surface area contributed by atoms with Gasteiger partial charge in [-0.15, -0.1) is 0 Å². The smallest absolute Gasteiger partial charge is 0.260 e. The van der Waals surface area contributed by atoms with E-state index >= 15 is 0 Å². The Labute approximate surface area is 177 Å². The molecule has 1 saturated heterocycles. The Bertz CT molecular complexity index is 849. The monoisotopic (exact) mass is 418 g/mol. The summed E-state index contributed by atoms with van der Waals surface area (Å²) in [5.74, 6) is 0.418. The van der Waals surface area contributed by atoms with Gasteiger partial charge in [0.15, 0.2) is 6.61 Å². The second-order valence-corrected chi connectivity index (χ2v) is 8.34. The molecule has 0 aromatic heterocycles. The number of rotatable bonds is 5. The topological polar surface area (TPSA) is 32.8 Å². The number of halogens is 2. The average Bonchev–Trinajstić information content (AvgIpc) is 2.68. The number of hydrogen-bond acceptors (Lipinski definition) is 3. The Morgan fingerprint density at radius 2 is 1.72 bits per heavy atom. The van der Waals surface area contributed by atoms with Crippen LogP contribution in [0.25, 0.3) is 0 Å². The molecule has 29 heavy (non-hydrogen) atoms. The third kappa shape index (κ3) is 5.28. The SMILES string of the molecule is Cc1cc(OCC(=O)N2C[C@H](C)N(Cc3ccc(F)cc3)C[C@H]2C)cc(C)c1Cl. The van der Waals surface area contributed by atoms with Crippen LogP contribution in [0.1, 0.15) is 30.5 Å². The van der Waals surface area contributed by atoms with Gasteiger partial charge in [0.05, 0.1) is 0 Å². The molecule has 156 valence electrons. The first kappa shape index (κ1) is 21.6. The van der Waals surface area contributed by atoms with Crippen molar-refractivity contribution in [1.82, 2.24) is 9.80 Å². The molecule has 2 atom stereocenters. The highest BCUT2D eigenvalue weighted by Crippen LogP contribution is 2.26. The molecule has 2 aromatic carbocycles. The maximum atomic E-state index is 13.1. The van der Waals surface area contributed by atoms with Crippen LogP contribution in [0.15, 0.2) is 36.4 Å². The molecule has 0 radical (unpaired) electrons. The van der Waals surface area contributed by atoms with Gasteiger partial charge in [0, 0.05) is 36.7 Å². The predicted molar refractivity (Wildman–Crippen MR) is 114 cm³/mol. The van der Waals surface area contributed by atoms with Crippen LogP contribution in [-0.2, 0) is 11.3 Å². The maximum absolute atomic E-state index is 13.1. The number of aryl methyl sites for hydroxylation is 2. The fraction of sp³-hybridized carbons (Fsp3) is 0.435. The molecule has 4 nitrogen and oxygen atoms in total. The molecule has 0 spiro atoms. The second kappa shape index (κ2) is 9.14. The van der Waals surface area contributed by atoms with E-state index in [0.29, 0.717) is 12.3 Å². The first-order valence-corrected chi connectivity index (χ1v) is 10.3. The average molecular weight is 419 g/mol. The normalized spacial score (nSPS) is 20.0. The van der Waals surface area contributed by atoms with E-state index in [1.807, 2.05) is 43.0 Å². The van der Waals surface area contributed by atoms with Crippen molar-refractivity contribution in [2.45, 2.75) is 46.3 Å². The van der Waals surface area contributed by atoms with Crippen molar-refractivity contribution >= 4 is 17.5 Å². The van der Waals surface area contributed by atoms with Crippen molar-refractivity contribution in [3.8, 4) is 5.75 Å². The predicted octanol–water partition coefficient (Wildman–Crippen LogP) is 4.60. The number of ether oxygens (including phenoxy) is 1. The van der Waals surface area contributed by atoms with Gasteiger partial charge in [-0.25, -0.2) is 4.39 Å². The molecular weight excluding hydrogens is 391 g/mol. The van der Waals surface area contributed by atoms with E-state index in [4.69, 9.17) is 16.3 Å². The number of nitrogens with zero attached hydrogens (tertiary/aromatic N) is 2. The number of benzene rings is 2. The minimum absolute atomic E-state index is 0.00946. The number of piperazine rings is 1. The molecular formula is C23H28ClFN2O2. The Kier molecular flexibility index (Phi) is 6.81. The minimum Gasteiger partial charge on any atom is -0.484 e. The first-order chi connectivity index (χ1) is 13.7. The summed E-state index contributed by atoms with van der Waals surface area (Å²) < 4.78 is 18.9. The number of amides is 1. The standard InChI is InChI=1S/C23H28ClFN2O2/c1-15-9-21(10-16(2)23(15)24)29-14-22(28)27-12-17(3)26(11-18(27)4)13-19-5-7-20(25)8-6-19/h5-10,17-18H,11-14H2,1-4H3/t17-,18+/m0/s1. The summed E-state index contributed by atoms with van der Waals surface area (Å²) in [7, 11) is 0. The largest absolute Gasteiger partial charge is 0.484 e. The molecule has 6 heteroatoms. The van der Waals surface area contributed by atoms with Gasteiger partial charge in [-0.3, -0.25) is 9.69 Å². The zero-order chi connectivity index (χ0) is 21.1. The van der Waals surface area contributed by atoms with Crippen molar-refractivity contribution in [2.24, 2.45) is 0 Å². The minimum atomic E-state index is -0.225. The van der Waals surface area contributed by atoms with E-state index in [9.17, 15) is 9.18 Å². The zero-order valence-electron chi connectivity index (χ0n) is 17.4. The molecule has 0 bridgehead atoms. The maximum Gasteiger partial charge on any atom is 0.260 e. The van der Waals surface area contributed by atoms with Crippen LogP contribution >= 0.6 is 11.6 Å². The lowest BCUT2D eigenvalue weighted by Crippen LogP contribution is -2.58. The van der Waals surface area contributed by atoms with E-state index in [2.05, 4.69) is 18.7 Å². The highest BCUT2D eigenvalue weighted by molar-refractivity contribution is 6.32. The van der Waals surface area contributed by atoms with Gasteiger partial charge in [0.2, 0.25) is 0 Å². The van der Waals surface area contributed by atoms with E-state index in [-0.39, 0.29) is 30.4 Å². The van der Waals surface area contributed by atoms with E-state index < -0.39 is 0 Å².